The van der Waals surface area contributed by atoms with Gasteiger partial charge in [-0.1, -0.05) is 0 Å². The summed E-state index contributed by atoms with van der Waals surface area (Å²) in [5.74, 6) is 0. The van der Waals surface area contributed by atoms with Crippen LogP contribution in [0.5, 0.6) is 0 Å². The third-order valence-electron chi connectivity index (χ3n) is 0. The average molecular weight is 818 g/mol. The molecule has 0 aliphatic heterocycles. The van der Waals surface area contributed by atoms with Crippen molar-refractivity contribution in [2.24, 2.45) is 0 Å². The fourth-order valence-electron chi connectivity index (χ4n) is 0. The van der Waals surface area contributed by atoms with Crippen LogP contribution in [0.1, 0.15) is 0 Å². The molecular weight excluding hydrogens is 818 g/mol. The van der Waals surface area contributed by atoms with Crippen LogP contribution in [0.25, 0.3) is 0 Å². The summed E-state index contributed by atoms with van der Waals surface area (Å²) in [6, 6.07) is 0. The van der Waals surface area contributed by atoms with E-state index < -0.39 is 0 Å². The van der Waals surface area contributed by atoms with Gasteiger partial charge in [0.2, 0.25) is 0 Å². The summed E-state index contributed by atoms with van der Waals surface area (Å²) in [4.78, 5) is 0. The van der Waals surface area contributed by atoms with Crippen LogP contribution in [-0.4, -0.2) is 0 Å². The van der Waals surface area contributed by atoms with Gasteiger partial charge in [0.1, 0.15) is 0 Å². The van der Waals surface area contributed by atoms with Gasteiger partial charge in [-0.05, 0) is 0 Å². The van der Waals surface area contributed by atoms with Gasteiger partial charge in [0.25, 0.3) is 0 Å². The zero-order valence-electron chi connectivity index (χ0n) is 4.24. The van der Waals surface area contributed by atoms with Crippen LogP contribution in [0.3, 0.4) is 0 Å². The molecule has 46 valence electrons. The molecule has 0 aliphatic rings. The zero-order chi connectivity index (χ0) is 0. The number of hydrogen-bond acceptors (Lipinski definition) is 0. The van der Waals surface area contributed by atoms with Gasteiger partial charge in [0.15, 0.2) is 0 Å². The number of hydrogen-bond donors (Lipinski definition) is 0. The van der Waals surface area contributed by atoms with E-state index in [1.54, 1.807) is 0 Å². The molecule has 0 spiro atoms. The van der Waals surface area contributed by atoms with Gasteiger partial charge >= 0.3 is 79.9 Å². The first-order chi connectivity index (χ1) is 0. The predicted octanol–water partition coefficient (Wildman–Crippen LogP) is -0.361. The largest absolute Gasteiger partial charge is 3.00 e. The summed E-state index contributed by atoms with van der Waals surface area (Å²) in [7, 11) is 0. The second-order valence-electron chi connectivity index (χ2n) is 0. The summed E-state index contributed by atoms with van der Waals surface area (Å²) in [5.41, 5.74) is 0. The van der Waals surface area contributed by atoms with Gasteiger partial charge in [-0.2, -0.15) is 0 Å². The van der Waals surface area contributed by atoms with E-state index in [-0.39, 0.29) is 233 Å². The van der Waals surface area contributed by atoms with Crippen molar-refractivity contribution in [3.63, 3.8) is 0 Å². The van der Waals surface area contributed by atoms with E-state index in [0.29, 0.717) is 0 Å². The van der Waals surface area contributed by atoms with E-state index in [2.05, 4.69) is 0 Å². The third kappa shape index (κ3) is 51.3. The van der Waals surface area contributed by atoms with E-state index in [9.17, 15) is 0 Å². The molecule has 0 N–H and O–H groups in total. The first-order valence-corrected chi connectivity index (χ1v) is 0. The molecule has 0 heterocycles. The Balaban J connectivity index is 0. The van der Waals surface area contributed by atoms with Crippen LogP contribution < -0.4 is 0 Å². The van der Waals surface area contributed by atoms with Crippen molar-refractivity contribution in [2.75, 3.05) is 0 Å². The summed E-state index contributed by atoms with van der Waals surface area (Å²) >= 11 is 0. The van der Waals surface area contributed by atoms with Crippen molar-refractivity contribution >= 4 is 0 Å². The molecule has 0 saturated heterocycles. The Morgan fingerprint density at radius 1 is 0.444 bits per heavy atom. The second kappa shape index (κ2) is 59.4. The van der Waals surface area contributed by atoms with Gasteiger partial charge in [0.05, 0.1) is 0 Å². The van der Waals surface area contributed by atoms with Gasteiger partial charge in [-0.15, -0.1) is 0 Å². The maximum Gasteiger partial charge on any atom is 3.00 e. The first kappa shape index (κ1) is 72.7. The summed E-state index contributed by atoms with van der Waals surface area (Å²) in [6.45, 7) is 0. The summed E-state index contributed by atoms with van der Waals surface area (Å²) < 4.78 is 0. The quantitative estimate of drug-likeness (QED) is 0.321. The van der Waals surface area contributed by atoms with Gasteiger partial charge in [0, 0.05) is 137 Å². The minimum atomic E-state index is 0. The molecule has 0 amide bonds. The first-order valence-electron chi connectivity index (χ1n) is 0. The fourth-order valence-corrected chi connectivity index (χ4v) is 0. The van der Waals surface area contributed by atoms with Crippen LogP contribution in [0.15, 0.2) is 0 Å². The molecule has 0 aliphatic carbocycles. The Bertz CT molecular complexity index is 17.8. The minimum Gasteiger partial charge on any atom is -2.00 e. The monoisotopic (exact) mass is 819 g/mol. The predicted molar refractivity (Wildman–Crippen MR) is 2.06 cm³/mol. The van der Waals surface area contributed by atoms with Crippen molar-refractivity contribution in [2.45, 2.75) is 0 Å². The standard InChI is InChI=1S/2Gd.2La.3O.2Y/q2*+3;;;3*-2;;. The molecule has 3 nitrogen and oxygen atoms in total. The normalized spacial score (nSPS) is 0. The van der Waals surface area contributed by atoms with Gasteiger partial charge in [-0.3, -0.25) is 0 Å². The second-order valence-corrected chi connectivity index (χ2v) is 0. The van der Waals surface area contributed by atoms with Crippen LogP contribution in [0.4, 0.5) is 0 Å². The summed E-state index contributed by atoms with van der Waals surface area (Å²) in [6.07, 6.45) is 0. The molecule has 0 atom stereocenters. The van der Waals surface area contributed by atoms with Crippen molar-refractivity contribution in [1.29, 1.82) is 0 Å². The smallest absolute Gasteiger partial charge is 2.00 e. The van der Waals surface area contributed by atoms with Gasteiger partial charge in [-0.25, -0.2) is 0 Å². The maximum atomic E-state index is 0. The van der Waals surface area contributed by atoms with E-state index in [4.69, 9.17) is 0 Å². The zero-order valence-corrected chi connectivity index (χ0v) is 21.7. The third-order valence-corrected chi connectivity index (χ3v) is 0. The molecular formula is Gd2La2O3Y2. The molecule has 0 bridgehead atoms. The molecule has 0 aromatic rings. The maximum absolute atomic E-state index is 0. The molecule has 0 unspecified atom stereocenters. The van der Waals surface area contributed by atoms with Gasteiger partial charge < -0.3 is 16.4 Å². The van der Waals surface area contributed by atoms with Crippen LogP contribution in [0.2, 0.25) is 0 Å². The van der Waals surface area contributed by atoms with E-state index in [1.807, 2.05) is 0 Å². The van der Waals surface area contributed by atoms with E-state index in [1.165, 1.54) is 0 Å². The molecule has 0 aromatic carbocycles. The summed E-state index contributed by atoms with van der Waals surface area (Å²) in [5, 5.41) is 0. The molecule has 0 saturated carbocycles. The molecule has 9 heteroatoms. The van der Waals surface area contributed by atoms with Crippen LogP contribution in [-0.2, 0) is 81.8 Å². The Kier molecular flexibility index (Phi) is 480. The molecule has 0 aromatic heterocycles. The van der Waals surface area contributed by atoms with Crippen molar-refractivity contribution in [3.8, 4) is 0 Å². The number of rotatable bonds is 0. The molecule has 9 heavy (non-hydrogen) atoms. The van der Waals surface area contributed by atoms with E-state index >= 15 is 0 Å². The van der Waals surface area contributed by atoms with Crippen LogP contribution >= 0.6 is 0 Å². The average Bonchev–Trinajstić information content (AvgIpc) is 0. The molecule has 6 radical (unpaired) electrons. The minimum absolute atomic E-state index is 0. The Morgan fingerprint density at radius 3 is 0.444 bits per heavy atom. The SMILES string of the molecule is [Gd+3].[Gd+3].[La].[La].[O-2].[O-2].[O-2].[Y].[Y]. The molecule has 0 rings (SSSR count). The fraction of sp³-hybridized carbons (Fsp3) is 0. The van der Waals surface area contributed by atoms with Crippen molar-refractivity contribution in [1.82, 2.24) is 0 Å². The van der Waals surface area contributed by atoms with Crippen LogP contribution in [0, 0.1) is 151 Å². The topological polar surface area (TPSA) is 85.5 Å². The van der Waals surface area contributed by atoms with Crippen molar-refractivity contribution in [3.05, 3.63) is 0 Å². The Labute approximate surface area is 225 Å². The molecule has 0 fully saturated rings. The Hall–Kier alpha value is 7.13. The van der Waals surface area contributed by atoms with Crippen molar-refractivity contribution < 1.29 is 233 Å². The Morgan fingerprint density at radius 2 is 0.444 bits per heavy atom. The van der Waals surface area contributed by atoms with E-state index in [0.717, 1.165) is 0 Å².